The van der Waals surface area contributed by atoms with Crippen LogP contribution in [0.2, 0.25) is 0 Å². The Balaban J connectivity index is 1.81. The van der Waals surface area contributed by atoms with Crippen LogP contribution >= 0.6 is 11.8 Å². The zero-order valence-electron chi connectivity index (χ0n) is 17.0. The highest BCUT2D eigenvalue weighted by Crippen LogP contribution is 2.37. The van der Waals surface area contributed by atoms with Crippen LogP contribution < -0.4 is 11.2 Å². The molecule has 0 bridgehead atoms. The van der Waals surface area contributed by atoms with Crippen LogP contribution in [-0.4, -0.2) is 14.8 Å². The quantitative estimate of drug-likeness (QED) is 0.372. The number of benzene rings is 3. The van der Waals surface area contributed by atoms with Gasteiger partial charge in [-0.1, -0.05) is 48.2 Å². The summed E-state index contributed by atoms with van der Waals surface area (Å²) in [5.74, 6) is -1.09. The van der Waals surface area contributed by atoms with Gasteiger partial charge in [0.15, 0.2) is 11.3 Å². The fraction of sp³-hybridized carbons (Fsp3) is 0.0400. The van der Waals surface area contributed by atoms with Gasteiger partial charge in [0, 0.05) is 16.3 Å². The van der Waals surface area contributed by atoms with E-state index in [-0.39, 0.29) is 28.2 Å². The molecule has 8 heteroatoms. The molecule has 2 N–H and O–H groups in total. The molecule has 0 saturated carbocycles. The maximum Gasteiger partial charge on any atom is 0.354 e. The van der Waals surface area contributed by atoms with Crippen molar-refractivity contribution in [1.82, 2.24) is 4.57 Å². The molecular formula is C25H16FNO5S. The van der Waals surface area contributed by atoms with E-state index in [1.807, 2.05) is 30.3 Å². The van der Waals surface area contributed by atoms with E-state index in [4.69, 9.17) is 4.42 Å². The number of hydrogen-bond acceptors (Lipinski definition) is 6. The summed E-state index contributed by atoms with van der Waals surface area (Å²) in [5.41, 5.74) is -0.345. The number of aromatic nitrogens is 1. The first-order chi connectivity index (χ1) is 15.9. The second kappa shape index (κ2) is 8.14. The van der Waals surface area contributed by atoms with Crippen molar-refractivity contribution in [3.05, 3.63) is 105 Å². The Morgan fingerprint density at radius 1 is 0.939 bits per heavy atom. The molecule has 5 aromatic rings. The maximum atomic E-state index is 13.6. The number of fused-ring (bicyclic) bond motifs is 3. The van der Waals surface area contributed by atoms with Crippen molar-refractivity contribution >= 4 is 33.6 Å². The second-order valence-corrected chi connectivity index (χ2v) is 8.49. The van der Waals surface area contributed by atoms with Crippen LogP contribution in [0.1, 0.15) is 5.56 Å². The van der Waals surface area contributed by atoms with Crippen LogP contribution in [0.15, 0.2) is 96.6 Å². The molecule has 0 amide bonds. The molecule has 0 aliphatic heterocycles. The number of phenols is 1. The SMILES string of the molecule is O=c1oc2c(c(O)c1Sc1cccc(F)c1)c(=O)n(Cc1ccccc1)c1cc(O)ccc21. The highest BCUT2D eigenvalue weighted by Gasteiger charge is 2.22. The third kappa shape index (κ3) is 3.74. The third-order valence-electron chi connectivity index (χ3n) is 5.23. The van der Waals surface area contributed by atoms with Gasteiger partial charge in [0.25, 0.3) is 5.56 Å². The highest BCUT2D eigenvalue weighted by atomic mass is 32.2. The Hall–Kier alpha value is -4.04. The van der Waals surface area contributed by atoms with E-state index < -0.39 is 22.8 Å². The highest BCUT2D eigenvalue weighted by molar-refractivity contribution is 7.99. The smallest absolute Gasteiger partial charge is 0.354 e. The average molecular weight is 461 g/mol. The summed E-state index contributed by atoms with van der Waals surface area (Å²) >= 11 is 0.812. The largest absolute Gasteiger partial charge is 0.508 e. The first kappa shape index (κ1) is 20.8. The van der Waals surface area contributed by atoms with Crippen molar-refractivity contribution in [2.24, 2.45) is 0 Å². The van der Waals surface area contributed by atoms with Gasteiger partial charge in [-0.05, 0) is 35.9 Å². The lowest BCUT2D eigenvalue weighted by Gasteiger charge is -2.14. The summed E-state index contributed by atoms with van der Waals surface area (Å²) in [4.78, 5) is 26.4. The molecule has 0 aliphatic rings. The number of hydrogen-bond donors (Lipinski definition) is 2. The van der Waals surface area contributed by atoms with Crippen LogP contribution in [0.3, 0.4) is 0 Å². The van der Waals surface area contributed by atoms with Gasteiger partial charge < -0.3 is 19.2 Å². The van der Waals surface area contributed by atoms with E-state index >= 15 is 0 Å². The number of halogens is 1. The maximum absolute atomic E-state index is 13.6. The minimum Gasteiger partial charge on any atom is -0.508 e. The van der Waals surface area contributed by atoms with Gasteiger partial charge in [0.05, 0.1) is 12.1 Å². The van der Waals surface area contributed by atoms with Crippen molar-refractivity contribution < 1.29 is 19.0 Å². The Bertz CT molecular complexity index is 1640. The Labute approximate surface area is 190 Å². The fourth-order valence-corrected chi connectivity index (χ4v) is 4.61. The summed E-state index contributed by atoms with van der Waals surface area (Å²) < 4.78 is 20.5. The molecule has 0 radical (unpaired) electrons. The molecule has 33 heavy (non-hydrogen) atoms. The summed E-state index contributed by atoms with van der Waals surface area (Å²) in [6.07, 6.45) is 0. The van der Waals surface area contributed by atoms with Crippen LogP contribution in [0.25, 0.3) is 21.9 Å². The van der Waals surface area contributed by atoms with Gasteiger partial charge in [-0.2, -0.15) is 0 Å². The fourth-order valence-electron chi connectivity index (χ4n) is 3.74. The van der Waals surface area contributed by atoms with E-state index in [9.17, 15) is 24.2 Å². The van der Waals surface area contributed by atoms with E-state index in [1.54, 1.807) is 6.07 Å². The van der Waals surface area contributed by atoms with Gasteiger partial charge >= 0.3 is 5.63 Å². The monoisotopic (exact) mass is 461 g/mol. The summed E-state index contributed by atoms with van der Waals surface area (Å²) in [7, 11) is 0. The lowest BCUT2D eigenvalue weighted by atomic mass is 10.1. The third-order valence-corrected chi connectivity index (χ3v) is 6.29. The molecule has 0 unspecified atom stereocenters. The first-order valence-electron chi connectivity index (χ1n) is 9.95. The minimum atomic E-state index is -0.858. The molecule has 0 fully saturated rings. The molecule has 0 atom stereocenters. The van der Waals surface area contributed by atoms with Gasteiger partial charge in [-0.3, -0.25) is 4.79 Å². The van der Waals surface area contributed by atoms with Crippen molar-refractivity contribution in [3.63, 3.8) is 0 Å². The molecule has 3 aromatic carbocycles. The number of pyridine rings is 1. The second-order valence-electron chi connectivity index (χ2n) is 7.41. The molecule has 6 nitrogen and oxygen atoms in total. The number of phenolic OH excluding ortho intramolecular Hbond substituents is 1. The molecule has 0 saturated heterocycles. The topological polar surface area (TPSA) is 92.7 Å². The molecule has 0 aliphatic carbocycles. The first-order valence-corrected chi connectivity index (χ1v) is 10.8. The lowest BCUT2D eigenvalue weighted by Crippen LogP contribution is -2.22. The molecule has 164 valence electrons. The normalized spacial score (nSPS) is 11.3. The van der Waals surface area contributed by atoms with Crippen molar-refractivity contribution in [1.29, 1.82) is 0 Å². The standard InChI is InChI=1S/C25H16FNO5S/c26-15-7-4-8-17(11-15)33-23-21(29)20-22(32-25(23)31)18-10-9-16(28)12-19(18)27(24(20)30)13-14-5-2-1-3-6-14/h1-12,28-29H,13H2. The zero-order valence-corrected chi connectivity index (χ0v) is 17.8. The van der Waals surface area contributed by atoms with Gasteiger partial charge in [0.1, 0.15) is 21.8 Å². The number of rotatable bonds is 4. The van der Waals surface area contributed by atoms with Crippen molar-refractivity contribution in [3.8, 4) is 11.5 Å². The molecule has 5 rings (SSSR count). The van der Waals surface area contributed by atoms with E-state index in [1.165, 1.54) is 41.0 Å². The molecule has 2 aromatic heterocycles. The zero-order chi connectivity index (χ0) is 23.1. The Kier molecular flexibility index (Phi) is 5.14. The van der Waals surface area contributed by atoms with Crippen molar-refractivity contribution in [2.45, 2.75) is 16.3 Å². The predicted molar refractivity (Wildman–Crippen MR) is 124 cm³/mol. The Morgan fingerprint density at radius 3 is 2.48 bits per heavy atom. The lowest BCUT2D eigenvalue weighted by molar-refractivity contribution is 0.446. The molecule has 2 heterocycles. The summed E-state index contributed by atoms with van der Waals surface area (Å²) in [6.45, 7) is 0.167. The van der Waals surface area contributed by atoms with Crippen LogP contribution in [-0.2, 0) is 6.54 Å². The van der Waals surface area contributed by atoms with E-state index in [0.29, 0.717) is 15.8 Å². The summed E-state index contributed by atoms with van der Waals surface area (Å²) in [6, 6.07) is 19.1. The van der Waals surface area contributed by atoms with Gasteiger partial charge in [-0.15, -0.1) is 0 Å². The summed E-state index contributed by atoms with van der Waals surface area (Å²) in [5, 5.41) is 21.3. The van der Waals surface area contributed by atoms with Gasteiger partial charge in [0.2, 0.25) is 0 Å². The van der Waals surface area contributed by atoms with Crippen LogP contribution in [0, 0.1) is 5.82 Å². The van der Waals surface area contributed by atoms with Crippen LogP contribution in [0.4, 0.5) is 4.39 Å². The number of aromatic hydroxyl groups is 2. The average Bonchev–Trinajstić information content (AvgIpc) is 2.80. The van der Waals surface area contributed by atoms with Gasteiger partial charge in [-0.25, -0.2) is 9.18 Å². The Morgan fingerprint density at radius 2 is 1.73 bits per heavy atom. The van der Waals surface area contributed by atoms with Crippen molar-refractivity contribution in [2.75, 3.05) is 0 Å². The molecule has 0 spiro atoms. The molecular weight excluding hydrogens is 445 g/mol. The van der Waals surface area contributed by atoms with E-state index in [0.717, 1.165) is 17.3 Å². The predicted octanol–water partition coefficient (Wildman–Crippen LogP) is 4.86. The van der Waals surface area contributed by atoms with Crippen LogP contribution in [0.5, 0.6) is 11.5 Å². The number of nitrogens with zero attached hydrogens (tertiary/aromatic N) is 1. The van der Waals surface area contributed by atoms with E-state index in [2.05, 4.69) is 0 Å². The minimum absolute atomic E-state index is 0.0621.